The van der Waals surface area contributed by atoms with Crippen LogP contribution in [-0.2, 0) is 16.1 Å². The maximum Gasteiger partial charge on any atom is 0.246 e. The lowest BCUT2D eigenvalue weighted by Crippen LogP contribution is -2.19. The van der Waals surface area contributed by atoms with Gasteiger partial charge in [0.15, 0.2) is 0 Å². The quantitative estimate of drug-likeness (QED) is 0.608. The molecule has 1 aromatic heterocycles. The molecular weight excluding hydrogens is 362 g/mol. The Morgan fingerprint density at radius 3 is 2.44 bits per heavy atom. The first-order valence-corrected chi connectivity index (χ1v) is 8.74. The molecule has 0 unspecified atom stereocenters. The van der Waals surface area contributed by atoms with E-state index in [-0.39, 0.29) is 30.8 Å². The van der Waals surface area contributed by atoms with Crippen molar-refractivity contribution in [3.05, 3.63) is 36.7 Å². The number of nitrogens with one attached hydrogen (secondary N) is 3. The van der Waals surface area contributed by atoms with Gasteiger partial charge in [-0.1, -0.05) is 0 Å². The zero-order chi connectivity index (χ0) is 17.4. The van der Waals surface area contributed by atoms with E-state index in [0.29, 0.717) is 18.7 Å². The number of thioether (sulfide) groups is 1. The standard InChI is InChI=1S/C16H21N5O2S.ClH/c1-17-8-7-15(22)20-13-9-18-21(10-13)11-16(23)19-12-3-5-14(24-2)6-4-12;/h3-6,9-10,17H,7-8,11H2,1-2H3,(H,19,23)(H,20,22);1H. The molecule has 0 saturated carbocycles. The lowest BCUT2D eigenvalue weighted by Gasteiger charge is -2.06. The number of hydrogen-bond donors (Lipinski definition) is 3. The Bertz CT molecular complexity index is 690. The second-order valence-corrected chi connectivity index (χ2v) is 5.98. The van der Waals surface area contributed by atoms with E-state index in [1.54, 1.807) is 25.0 Å². The van der Waals surface area contributed by atoms with Crippen molar-refractivity contribution in [1.82, 2.24) is 15.1 Å². The van der Waals surface area contributed by atoms with Gasteiger partial charge in [0.05, 0.1) is 11.9 Å². The van der Waals surface area contributed by atoms with Gasteiger partial charge in [0.1, 0.15) is 6.54 Å². The van der Waals surface area contributed by atoms with Gasteiger partial charge in [0.2, 0.25) is 11.8 Å². The second-order valence-electron chi connectivity index (χ2n) is 5.10. The number of carbonyl (C=O) groups is 2. The minimum atomic E-state index is -0.178. The summed E-state index contributed by atoms with van der Waals surface area (Å²) in [4.78, 5) is 24.8. The molecule has 0 spiro atoms. The highest BCUT2D eigenvalue weighted by atomic mass is 35.5. The Kier molecular flexibility index (Phi) is 9.04. The maximum atomic E-state index is 12.0. The number of nitrogens with zero attached hydrogens (tertiary/aromatic N) is 2. The first kappa shape index (κ1) is 21.0. The minimum Gasteiger partial charge on any atom is -0.324 e. The van der Waals surface area contributed by atoms with Crippen molar-refractivity contribution in [2.45, 2.75) is 17.9 Å². The van der Waals surface area contributed by atoms with Crippen LogP contribution in [0.2, 0.25) is 0 Å². The van der Waals surface area contributed by atoms with Crippen molar-refractivity contribution in [2.24, 2.45) is 0 Å². The summed E-state index contributed by atoms with van der Waals surface area (Å²) in [5, 5.41) is 12.5. The van der Waals surface area contributed by atoms with Gasteiger partial charge in [-0.25, -0.2) is 0 Å². The molecule has 1 heterocycles. The van der Waals surface area contributed by atoms with Crippen LogP contribution >= 0.6 is 24.2 Å². The number of hydrogen-bond acceptors (Lipinski definition) is 5. The van der Waals surface area contributed by atoms with Crippen LogP contribution in [0.1, 0.15) is 6.42 Å². The van der Waals surface area contributed by atoms with Gasteiger partial charge < -0.3 is 16.0 Å². The molecule has 0 aliphatic heterocycles. The second kappa shape index (κ2) is 10.8. The molecule has 136 valence electrons. The van der Waals surface area contributed by atoms with E-state index in [9.17, 15) is 9.59 Å². The molecule has 0 fully saturated rings. The van der Waals surface area contributed by atoms with Gasteiger partial charge in [0, 0.05) is 29.7 Å². The summed E-state index contributed by atoms with van der Waals surface area (Å²) in [6.07, 6.45) is 5.54. The van der Waals surface area contributed by atoms with Crippen LogP contribution in [0.25, 0.3) is 0 Å². The minimum absolute atomic E-state index is 0. The predicted molar refractivity (Wildman–Crippen MR) is 104 cm³/mol. The van der Waals surface area contributed by atoms with Gasteiger partial charge in [-0.2, -0.15) is 5.10 Å². The van der Waals surface area contributed by atoms with Gasteiger partial charge in [-0.15, -0.1) is 24.2 Å². The number of carbonyl (C=O) groups excluding carboxylic acids is 2. The average molecular weight is 384 g/mol. The number of anilines is 2. The van der Waals surface area contributed by atoms with E-state index in [2.05, 4.69) is 21.0 Å². The van der Waals surface area contributed by atoms with E-state index < -0.39 is 0 Å². The van der Waals surface area contributed by atoms with Crippen molar-refractivity contribution in [3.63, 3.8) is 0 Å². The van der Waals surface area contributed by atoms with Crippen LogP contribution in [0, 0.1) is 0 Å². The van der Waals surface area contributed by atoms with E-state index in [1.165, 1.54) is 10.9 Å². The summed E-state index contributed by atoms with van der Waals surface area (Å²) in [6, 6.07) is 7.63. The summed E-state index contributed by atoms with van der Waals surface area (Å²) in [5.74, 6) is -0.273. The number of benzene rings is 1. The lowest BCUT2D eigenvalue weighted by atomic mass is 10.3. The summed E-state index contributed by atoms with van der Waals surface area (Å²) in [6.45, 7) is 0.689. The third-order valence-corrected chi connectivity index (χ3v) is 3.94. The topological polar surface area (TPSA) is 88.1 Å². The van der Waals surface area contributed by atoms with Crippen LogP contribution in [0.15, 0.2) is 41.6 Å². The fourth-order valence-electron chi connectivity index (χ4n) is 2.00. The monoisotopic (exact) mass is 383 g/mol. The third kappa shape index (κ3) is 7.16. The molecule has 0 aliphatic carbocycles. The fourth-order valence-corrected chi connectivity index (χ4v) is 2.41. The van der Waals surface area contributed by atoms with E-state index in [0.717, 1.165) is 10.6 Å². The fraction of sp³-hybridized carbons (Fsp3) is 0.312. The Balaban J connectivity index is 0.00000312. The third-order valence-electron chi connectivity index (χ3n) is 3.20. The Morgan fingerprint density at radius 1 is 1.12 bits per heavy atom. The zero-order valence-electron chi connectivity index (χ0n) is 14.1. The molecule has 25 heavy (non-hydrogen) atoms. The summed E-state index contributed by atoms with van der Waals surface area (Å²) in [5.41, 5.74) is 1.32. The molecule has 2 amide bonds. The largest absolute Gasteiger partial charge is 0.324 e. The summed E-state index contributed by atoms with van der Waals surface area (Å²) >= 11 is 1.65. The molecule has 9 heteroatoms. The van der Waals surface area contributed by atoms with Crippen molar-refractivity contribution < 1.29 is 9.59 Å². The Hall–Kier alpha value is -2.03. The van der Waals surface area contributed by atoms with Crippen molar-refractivity contribution in [2.75, 3.05) is 30.5 Å². The van der Waals surface area contributed by atoms with Crippen LogP contribution in [0.3, 0.4) is 0 Å². The van der Waals surface area contributed by atoms with E-state index >= 15 is 0 Å². The smallest absolute Gasteiger partial charge is 0.246 e. The first-order chi connectivity index (χ1) is 11.6. The molecule has 0 saturated heterocycles. The number of amides is 2. The van der Waals surface area contributed by atoms with Crippen molar-refractivity contribution >= 4 is 47.4 Å². The lowest BCUT2D eigenvalue weighted by molar-refractivity contribution is -0.117. The highest BCUT2D eigenvalue weighted by Gasteiger charge is 2.07. The molecule has 0 atom stereocenters. The molecule has 7 nitrogen and oxygen atoms in total. The molecule has 1 aromatic carbocycles. The highest BCUT2D eigenvalue weighted by molar-refractivity contribution is 7.98. The molecule has 0 bridgehead atoms. The Labute approximate surface area is 157 Å². The number of rotatable bonds is 8. The van der Waals surface area contributed by atoms with E-state index in [1.807, 2.05) is 30.5 Å². The molecular formula is C16H22ClN5O2S. The molecule has 2 rings (SSSR count). The molecule has 0 aliphatic rings. The van der Waals surface area contributed by atoms with E-state index in [4.69, 9.17) is 0 Å². The average Bonchev–Trinajstić information content (AvgIpc) is 3.00. The Morgan fingerprint density at radius 2 is 1.80 bits per heavy atom. The summed E-state index contributed by atoms with van der Waals surface area (Å²) < 4.78 is 1.49. The van der Waals surface area contributed by atoms with Crippen molar-refractivity contribution in [1.29, 1.82) is 0 Å². The van der Waals surface area contributed by atoms with Gasteiger partial charge in [-0.05, 0) is 37.6 Å². The van der Waals surface area contributed by atoms with Crippen LogP contribution in [0.5, 0.6) is 0 Å². The predicted octanol–water partition coefficient (Wildman–Crippen LogP) is 2.21. The zero-order valence-corrected chi connectivity index (χ0v) is 15.7. The van der Waals surface area contributed by atoms with Crippen LogP contribution in [-0.4, -0.2) is 41.4 Å². The normalized spacial score (nSPS) is 10.0. The van der Waals surface area contributed by atoms with Crippen LogP contribution < -0.4 is 16.0 Å². The van der Waals surface area contributed by atoms with Gasteiger partial charge in [-0.3, -0.25) is 14.3 Å². The van der Waals surface area contributed by atoms with Crippen molar-refractivity contribution in [3.8, 4) is 0 Å². The SMILES string of the molecule is CNCCC(=O)Nc1cnn(CC(=O)Nc2ccc(SC)cc2)c1.Cl. The summed E-state index contributed by atoms with van der Waals surface area (Å²) in [7, 11) is 1.79. The number of aromatic nitrogens is 2. The van der Waals surface area contributed by atoms with Gasteiger partial charge >= 0.3 is 0 Å². The van der Waals surface area contributed by atoms with Crippen LogP contribution in [0.4, 0.5) is 11.4 Å². The van der Waals surface area contributed by atoms with Gasteiger partial charge in [0.25, 0.3) is 0 Å². The number of halogens is 1. The maximum absolute atomic E-state index is 12.0. The first-order valence-electron chi connectivity index (χ1n) is 7.51. The molecule has 3 N–H and O–H groups in total. The highest BCUT2D eigenvalue weighted by Crippen LogP contribution is 2.17. The molecule has 2 aromatic rings. The molecule has 0 radical (unpaired) electrons.